The van der Waals surface area contributed by atoms with Crippen LogP contribution in [-0.4, -0.2) is 77.8 Å². The van der Waals surface area contributed by atoms with Gasteiger partial charge >= 0.3 is 5.69 Å². The molecule has 0 aliphatic carbocycles. The van der Waals surface area contributed by atoms with E-state index in [0.29, 0.717) is 30.9 Å². The van der Waals surface area contributed by atoms with E-state index in [2.05, 4.69) is 15.0 Å². The van der Waals surface area contributed by atoms with Crippen molar-refractivity contribution in [1.82, 2.24) is 24.3 Å². The first-order chi connectivity index (χ1) is 17.5. The Hall–Kier alpha value is -3.29. The fraction of sp³-hybridized carbons (Fsp3) is 0.500. The van der Waals surface area contributed by atoms with Crippen LogP contribution in [0.2, 0.25) is 0 Å². The van der Waals surface area contributed by atoms with Crippen molar-refractivity contribution in [2.24, 2.45) is 7.05 Å². The number of rotatable bonds is 8. The van der Waals surface area contributed by atoms with Crippen LogP contribution in [0.1, 0.15) is 38.2 Å². The number of aryl methyl sites for hydroxylation is 1. The molecular weight excluding hydrogens is 500 g/mol. The van der Waals surface area contributed by atoms with Crippen LogP contribution < -0.4 is 15.7 Å². The van der Waals surface area contributed by atoms with E-state index in [1.165, 1.54) is 0 Å². The fourth-order valence-electron chi connectivity index (χ4n) is 4.59. The molecule has 0 saturated carbocycles. The summed E-state index contributed by atoms with van der Waals surface area (Å²) in [5, 5.41) is 4.29. The van der Waals surface area contributed by atoms with Gasteiger partial charge in [-0.25, -0.2) is 13.2 Å². The summed E-state index contributed by atoms with van der Waals surface area (Å²) in [5.41, 5.74) is 0.705. The van der Waals surface area contributed by atoms with Crippen LogP contribution in [0.15, 0.2) is 34.0 Å². The van der Waals surface area contributed by atoms with E-state index in [9.17, 15) is 22.8 Å². The molecule has 4 rings (SSSR count). The lowest BCUT2D eigenvalue weighted by Crippen LogP contribution is -2.55. The molecule has 0 bridgehead atoms. The monoisotopic (exact) mass is 532 g/mol. The van der Waals surface area contributed by atoms with Gasteiger partial charge in [0.25, 0.3) is 21.5 Å². The van der Waals surface area contributed by atoms with Crippen LogP contribution in [0.5, 0.6) is 0 Å². The molecule has 1 amide bonds. The van der Waals surface area contributed by atoms with Gasteiger partial charge in [0.1, 0.15) is 0 Å². The average Bonchev–Trinajstić information content (AvgIpc) is 3.26. The summed E-state index contributed by atoms with van der Waals surface area (Å²) < 4.78 is 33.0. The summed E-state index contributed by atoms with van der Waals surface area (Å²) >= 11 is 0. The van der Waals surface area contributed by atoms with Crippen molar-refractivity contribution in [2.45, 2.75) is 32.6 Å². The maximum absolute atomic E-state index is 13.6. The first kappa shape index (κ1) is 26.8. The molecule has 12 nitrogen and oxygen atoms in total. The molecule has 1 aliphatic heterocycles. The number of amides is 1. The molecule has 1 aromatic carbocycles. The van der Waals surface area contributed by atoms with Crippen LogP contribution in [0.3, 0.4) is 0 Å². The topological polar surface area (TPSA) is 140 Å². The highest BCUT2D eigenvalue weighted by Gasteiger charge is 2.29. The molecule has 37 heavy (non-hydrogen) atoms. The van der Waals surface area contributed by atoms with E-state index in [4.69, 9.17) is 4.74 Å². The van der Waals surface area contributed by atoms with Gasteiger partial charge in [-0.1, -0.05) is 13.8 Å². The lowest BCUT2D eigenvalue weighted by Gasteiger charge is -2.27. The lowest BCUT2D eigenvalue weighted by molar-refractivity contribution is -0.119. The van der Waals surface area contributed by atoms with Crippen molar-refractivity contribution in [3.8, 4) is 11.3 Å². The smallest absolute Gasteiger partial charge is 0.349 e. The predicted molar refractivity (Wildman–Crippen MR) is 140 cm³/mol. The molecule has 0 atom stereocenters. The Morgan fingerprint density at radius 2 is 1.92 bits per heavy atom. The average molecular weight is 533 g/mol. The van der Waals surface area contributed by atoms with Gasteiger partial charge in [-0.2, -0.15) is 5.10 Å². The molecule has 1 N–H and O–H groups in total. The van der Waals surface area contributed by atoms with Crippen LogP contribution in [0.4, 0.5) is 0 Å². The van der Waals surface area contributed by atoms with Crippen LogP contribution in [-0.2, 0) is 26.6 Å². The number of benzene rings is 1. The van der Waals surface area contributed by atoms with E-state index in [0.717, 1.165) is 36.2 Å². The first-order valence-corrected chi connectivity index (χ1v) is 14.0. The SMILES string of the molecule is CC(C)c1cc2[nH]c(=O)n(N(C(=O)CCCN3CCOCC3)S(C)(=O)=O)c(=O)c2cc1-c1ccnn1C. The number of hydrogen-bond donors (Lipinski definition) is 1. The Morgan fingerprint density at radius 3 is 2.51 bits per heavy atom. The Balaban J connectivity index is 1.78. The third-order valence-corrected chi connectivity index (χ3v) is 7.44. The van der Waals surface area contributed by atoms with Crippen LogP contribution >= 0.6 is 0 Å². The van der Waals surface area contributed by atoms with Gasteiger partial charge < -0.3 is 9.72 Å². The number of sulfonamides is 1. The summed E-state index contributed by atoms with van der Waals surface area (Å²) in [6, 6.07) is 5.13. The summed E-state index contributed by atoms with van der Waals surface area (Å²) in [5.74, 6) is -0.797. The van der Waals surface area contributed by atoms with Crippen molar-refractivity contribution in [3.05, 3.63) is 50.8 Å². The molecule has 1 aliphatic rings. The zero-order valence-electron chi connectivity index (χ0n) is 21.4. The lowest BCUT2D eigenvalue weighted by atomic mass is 9.93. The fourth-order valence-corrected chi connectivity index (χ4v) is 5.50. The second-order valence-electron chi connectivity index (χ2n) is 9.48. The van der Waals surface area contributed by atoms with Gasteiger partial charge in [0.2, 0.25) is 0 Å². The van der Waals surface area contributed by atoms with Crippen molar-refractivity contribution >= 4 is 26.8 Å². The molecule has 1 fully saturated rings. The van der Waals surface area contributed by atoms with Gasteiger partial charge in [-0.05, 0) is 42.6 Å². The zero-order chi connectivity index (χ0) is 26.9. The number of carbonyl (C=O) groups excluding carboxylic acids is 1. The molecule has 1 saturated heterocycles. The number of nitrogens with zero attached hydrogens (tertiary/aromatic N) is 5. The Kier molecular flexibility index (Phi) is 7.67. The van der Waals surface area contributed by atoms with Crippen LogP contribution in [0, 0.1) is 0 Å². The number of morpholine rings is 1. The molecule has 3 aromatic rings. The van der Waals surface area contributed by atoms with Crippen LogP contribution in [0.25, 0.3) is 22.2 Å². The number of carbonyl (C=O) groups is 1. The second-order valence-corrected chi connectivity index (χ2v) is 11.3. The maximum atomic E-state index is 13.6. The van der Waals surface area contributed by atoms with Gasteiger partial charge in [-0.3, -0.25) is 19.2 Å². The van der Waals surface area contributed by atoms with Gasteiger partial charge in [0.05, 0.1) is 36.1 Å². The molecular formula is C24H32N6O6S. The summed E-state index contributed by atoms with van der Waals surface area (Å²) in [6.07, 6.45) is 2.65. The third-order valence-electron chi connectivity index (χ3n) is 6.44. The van der Waals surface area contributed by atoms with Gasteiger partial charge in [-0.15, -0.1) is 9.09 Å². The molecule has 3 heterocycles. The highest BCUT2D eigenvalue weighted by Crippen LogP contribution is 2.31. The predicted octanol–water partition coefficient (Wildman–Crippen LogP) is 0.750. The number of fused-ring (bicyclic) bond motifs is 1. The molecule has 0 spiro atoms. The van der Waals surface area contributed by atoms with Crippen molar-refractivity contribution in [2.75, 3.05) is 43.5 Å². The van der Waals surface area contributed by atoms with E-state index in [-0.39, 0.29) is 27.7 Å². The van der Waals surface area contributed by atoms with Gasteiger partial charge in [0.15, 0.2) is 0 Å². The number of nitrogens with one attached hydrogen (secondary N) is 1. The minimum Gasteiger partial charge on any atom is -0.379 e. The van der Waals surface area contributed by atoms with E-state index in [1.54, 1.807) is 36.1 Å². The van der Waals surface area contributed by atoms with Crippen molar-refractivity contribution in [3.63, 3.8) is 0 Å². The second kappa shape index (κ2) is 10.6. The highest BCUT2D eigenvalue weighted by molar-refractivity contribution is 7.92. The van der Waals surface area contributed by atoms with Crippen molar-refractivity contribution in [1.29, 1.82) is 0 Å². The van der Waals surface area contributed by atoms with Gasteiger partial charge in [0, 0.05) is 38.3 Å². The number of aromatic amines is 1. The van der Waals surface area contributed by atoms with E-state index >= 15 is 0 Å². The maximum Gasteiger partial charge on any atom is 0.349 e. The van der Waals surface area contributed by atoms with E-state index in [1.807, 2.05) is 13.8 Å². The number of H-pyrrole nitrogens is 1. The minimum absolute atomic E-state index is 0.0563. The molecule has 2 aromatic heterocycles. The Bertz CT molecular complexity index is 1530. The first-order valence-electron chi connectivity index (χ1n) is 12.1. The molecule has 0 radical (unpaired) electrons. The molecule has 13 heteroatoms. The normalized spacial score (nSPS) is 14.9. The van der Waals surface area contributed by atoms with Crippen molar-refractivity contribution < 1.29 is 17.9 Å². The Morgan fingerprint density at radius 1 is 1.22 bits per heavy atom. The minimum atomic E-state index is -4.29. The largest absolute Gasteiger partial charge is 0.379 e. The number of ether oxygens (including phenoxy) is 1. The zero-order valence-corrected chi connectivity index (χ0v) is 22.2. The molecule has 200 valence electrons. The molecule has 0 unspecified atom stereocenters. The summed E-state index contributed by atoms with van der Waals surface area (Å²) in [7, 11) is -2.52. The highest BCUT2D eigenvalue weighted by atomic mass is 32.2. The summed E-state index contributed by atoms with van der Waals surface area (Å²) in [6.45, 7) is 7.20. The standard InChI is InChI=1S/C24H32N6O6S/c1-16(2)17-15-20-19(14-18(17)21-7-8-25-27(21)3)23(32)29(24(33)26-20)30(37(4,34)35)22(31)6-5-9-28-10-12-36-13-11-28/h7-8,14-16H,5-6,9-13H2,1-4H3,(H,26,33). The Labute approximate surface area is 214 Å². The number of aromatic nitrogens is 4. The summed E-state index contributed by atoms with van der Waals surface area (Å²) in [4.78, 5) is 44.4. The quantitative estimate of drug-likeness (QED) is 0.448. The van der Waals surface area contributed by atoms with E-state index < -0.39 is 27.2 Å². The number of hydrogen-bond acceptors (Lipinski definition) is 8. The third kappa shape index (κ3) is 5.53.